The molecule has 1 rings (SSSR count). The number of nitrogens with one attached hydrogen (secondary N) is 1. The lowest BCUT2D eigenvalue weighted by molar-refractivity contribution is 0.118. The number of nitriles is 1. The van der Waals surface area contributed by atoms with E-state index in [0.29, 0.717) is 31.4 Å². The Balaban J connectivity index is 2.42. The molecular formula is C13H17FN2O. The highest BCUT2D eigenvalue weighted by atomic mass is 19.1. The van der Waals surface area contributed by atoms with Crippen LogP contribution in [-0.4, -0.2) is 19.8 Å². The molecule has 0 spiro atoms. The van der Waals surface area contributed by atoms with Gasteiger partial charge in [0.05, 0.1) is 12.3 Å². The van der Waals surface area contributed by atoms with E-state index in [-0.39, 0.29) is 5.56 Å². The minimum atomic E-state index is -0.499. The van der Waals surface area contributed by atoms with E-state index < -0.39 is 5.82 Å². The summed E-state index contributed by atoms with van der Waals surface area (Å²) < 4.78 is 18.6. The molecule has 0 unspecified atom stereocenters. The monoisotopic (exact) mass is 236 g/mol. The third-order valence-corrected chi connectivity index (χ3v) is 2.14. The van der Waals surface area contributed by atoms with Crippen LogP contribution in [0.4, 0.5) is 10.1 Å². The van der Waals surface area contributed by atoms with Gasteiger partial charge in [-0.05, 0) is 18.1 Å². The van der Waals surface area contributed by atoms with Crippen molar-refractivity contribution in [3.63, 3.8) is 0 Å². The molecule has 0 saturated heterocycles. The Bertz CT molecular complexity index is 399. The third kappa shape index (κ3) is 4.41. The molecule has 0 aliphatic rings. The van der Waals surface area contributed by atoms with Crippen LogP contribution in [0.25, 0.3) is 0 Å². The largest absolute Gasteiger partial charge is 0.382 e. The molecule has 0 radical (unpaired) electrons. The molecule has 4 heteroatoms. The topological polar surface area (TPSA) is 45.0 Å². The molecule has 1 aromatic carbocycles. The fourth-order valence-corrected chi connectivity index (χ4v) is 1.36. The molecule has 0 aromatic heterocycles. The molecule has 0 bridgehead atoms. The summed E-state index contributed by atoms with van der Waals surface area (Å²) in [6, 6.07) is 6.38. The minimum absolute atomic E-state index is 0.0522. The van der Waals surface area contributed by atoms with Crippen molar-refractivity contribution in [3.05, 3.63) is 29.6 Å². The predicted molar refractivity (Wildman–Crippen MR) is 65.3 cm³/mol. The number of halogens is 1. The lowest BCUT2D eigenvalue weighted by atomic mass is 10.2. The summed E-state index contributed by atoms with van der Waals surface area (Å²) in [5.74, 6) is -0.000520. The van der Waals surface area contributed by atoms with Crippen molar-refractivity contribution in [1.82, 2.24) is 0 Å². The van der Waals surface area contributed by atoms with Crippen LogP contribution in [0.15, 0.2) is 18.2 Å². The molecule has 0 fully saturated rings. The van der Waals surface area contributed by atoms with Gasteiger partial charge >= 0.3 is 0 Å². The Labute approximate surface area is 101 Å². The molecule has 0 atom stereocenters. The Morgan fingerprint density at radius 2 is 2.24 bits per heavy atom. The highest BCUT2D eigenvalue weighted by Crippen LogP contribution is 2.17. The maximum atomic E-state index is 13.2. The average molecular weight is 236 g/mol. The smallest absolute Gasteiger partial charge is 0.143 e. The van der Waals surface area contributed by atoms with Crippen LogP contribution >= 0.6 is 0 Å². The summed E-state index contributed by atoms with van der Waals surface area (Å²) in [5.41, 5.74) is 0.567. The Kier molecular flexibility index (Phi) is 5.44. The van der Waals surface area contributed by atoms with Crippen molar-refractivity contribution in [2.24, 2.45) is 5.92 Å². The van der Waals surface area contributed by atoms with Gasteiger partial charge in [-0.1, -0.05) is 19.9 Å². The lowest BCUT2D eigenvalue weighted by Crippen LogP contribution is -2.13. The molecule has 3 nitrogen and oxygen atoms in total. The molecule has 0 aliphatic heterocycles. The van der Waals surface area contributed by atoms with Crippen LogP contribution in [0.2, 0.25) is 0 Å². The summed E-state index contributed by atoms with van der Waals surface area (Å²) in [7, 11) is 0. The summed E-state index contributed by atoms with van der Waals surface area (Å²) in [4.78, 5) is 0. The van der Waals surface area contributed by atoms with Crippen LogP contribution in [-0.2, 0) is 4.74 Å². The van der Waals surface area contributed by atoms with E-state index in [1.807, 2.05) is 6.07 Å². The fourth-order valence-electron chi connectivity index (χ4n) is 1.36. The molecule has 0 heterocycles. The average Bonchev–Trinajstić information content (AvgIpc) is 2.28. The molecule has 0 amide bonds. The van der Waals surface area contributed by atoms with Crippen molar-refractivity contribution in [2.75, 3.05) is 25.1 Å². The molecular weight excluding hydrogens is 219 g/mol. The van der Waals surface area contributed by atoms with E-state index in [9.17, 15) is 4.39 Å². The molecule has 0 saturated carbocycles. The van der Waals surface area contributed by atoms with Gasteiger partial charge in [0.15, 0.2) is 0 Å². The van der Waals surface area contributed by atoms with Crippen molar-refractivity contribution >= 4 is 5.69 Å². The van der Waals surface area contributed by atoms with E-state index in [1.54, 1.807) is 12.1 Å². The zero-order chi connectivity index (χ0) is 12.7. The Hall–Kier alpha value is -1.60. The van der Waals surface area contributed by atoms with Crippen molar-refractivity contribution in [3.8, 4) is 6.07 Å². The van der Waals surface area contributed by atoms with Crippen molar-refractivity contribution in [2.45, 2.75) is 13.8 Å². The number of ether oxygens (including phenoxy) is 1. The van der Waals surface area contributed by atoms with E-state index >= 15 is 0 Å². The minimum Gasteiger partial charge on any atom is -0.382 e. The SMILES string of the molecule is CC(C)COCCNc1cccc(F)c1C#N. The second-order valence-electron chi connectivity index (χ2n) is 4.17. The van der Waals surface area contributed by atoms with Gasteiger partial charge in [0.1, 0.15) is 17.4 Å². The molecule has 92 valence electrons. The van der Waals surface area contributed by atoms with Gasteiger partial charge in [0, 0.05) is 13.2 Å². The Morgan fingerprint density at radius 1 is 1.47 bits per heavy atom. The third-order valence-electron chi connectivity index (χ3n) is 2.14. The van der Waals surface area contributed by atoms with Gasteiger partial charge in [-0.25, -0.2) is 4.39 Å². The van der Waals surface area contributed by atoms with Crippen LogP contribution in [0.1, 0.15) is 19.4 Å². The number of rotatable bonds is 6. The molecule has 1 N–H and O–H groups in total. The number of benzene rings is 1. The first-order valence-electron chi connectivity index (χ1n) is 5.65. The summed E-state index contributed by atoms with van der Waals surface area (Å²) in [6.45, 7) is 5.96. The highest BCUT2D eigenvalue weighted by molar-refractivity contribution is 5.57. The standard InChI is InChI=1S/C13H17FN2O/c1-10(2)9-17-7-6-16-13-5-3-4-12(14)11(13)8-15/h3-5,10,16H,6-7,9H2,1-2H3. The zero-order valence-electron chi connectivity index (χ0n) is 10.2. The zero-order valence-corrected chi connectivity index (χ0v) is 10.2. The predicted octanol–water partition coefficient (Wildman–Crippen LogP) is 2.78. The lowest BCUT2D eigenvalue weighted by Gasteiger charge is -2.10. The van der Waals surface area contributed by atoms with E-state index in [2.05, 4.69) is 19.2 Å². The van der Waals surface area contributed by atoms with Gasteiger partial charge in [-0.15, -0.1) is 0 Å². The van der Waals surface area contributed by atoms with Gasteiger partial charge in [0.2, 0.25) is 0 Å². The highest BCUT2D eigenvalue weighted by Gasteiger charge is 2.06. The maximum Gasteiger partial charge on any atom is 0.143 e. The summed E-state index contributed by atoms with van der Waals surface area (Å²) in [6.07, 6.45) is 0. The van der Waals surface area contributed by atoms with Gasteiger partial charge in [0.25, 0.3) is 0 Å². The summed E-state index contributed by atoms with van der Waals surface area (Å²) in [5, 5.41) is 11.8. The van der Waals surface area contributed by atoms with Gasteiger partial charge in [-0.3, -0.25) is 0 Å². The molecule has 17 heavy (non-hydrogen) atoms. The normalized spacial score (nSPS) is 10.3. The number of nitrogens with zero attached hydrogens (tertiary/aromatic N) is 1. The number of hydrogen-bond donors (Lipinski definition) is 1. The number of hydrogen-bond acceptors (Lipinski definition) is 3. The van der Waals surface area contributed by atoms with Crippen LogP contribution in [0, 0.1) is 23.1 Å². The second kappa shape index (κ2) is 6.87. The first-order chi connectivity index (χ1) is 8.15. The van der Waals surface area contributed by atoms with Crippen molar-refractivity contribution in [1.29, 1.82) is 5.26 Å². The van der Waals surface area contributed by atoms with Gasteiger partial charge < -0.3 is 10.1 Å². The van der Waals surface area contributed by atoms with Crippen LogP contribution < -0.4 is 5.32 Å². The van der Waals surface area contributed by atoms with Crippen molar-refractivity contribution < 1.29 is 9.13 Å². The first kappa shape index (κ1) is 13.5. The quantitative estimate of drug-likeness (QED) is 0.772. The van der Waals surface area contributed by atoms with E-state index in [1.165, 1.54) is 6.07 Å². The summed E-state index contributed by atoms with van der Waals surface area (Å²) >= 11 is 0. The van der Waals surface area contributed by atoms with E-state index in [4.69, 9.17) is 10.00 Å². The van der Waals surface area contributed by atoms with Gasteiger partial charge in [-0.2, -0.15) is 5.26 Å². The van der Waals surface area contributed by atoms with Crippen LogP contribution in [0.3, 0.4) is 0 Å². The second-order valence-corrected chi connectivity index (χ2v) is 4.17. The molecule has 0 aliphatic carbocycles. The first-order valence-corrected chi connectivity index (χ1v) is 5.65. The van der Waals surface area contributed by atoms with Crippen LogP contribution in [0.5, 0.6) is 0 Å². The fraction of sp³-hybridized carbons (Fsp3) is 0.462. The molecule has 1 aromatic rings. The number of anilines is 1. The maximum absolute atomic E-state index is 13.2. The van der Waals surface area contributed by atoms with E-state index in [0.717, 1.165) is 0 Å². The Morgan fingerprint density at radius 3 is 2.88 bits per heavy atom.